The van der Waals surface area contributed by atoms with Crippen LogP contribution in [0.5, 0.6) is 0 Å². The molecule has 1 aromatic rings. The molecule has 0 saturated carbocycles. The van der Waals surface area contributed by atoms with Crippen molar-refractivity contribution in [3.8, 4) is 12.3 Å². The summed E-state index contributed by atoms with van der Waals surface area (Å²) in [5.74, 6) is 2.02. The Balaban J connectivity index is 2.15. The van der Waals surface area contributed by atoms with Gasteiger partial charge in [0.1, 0.15) is 17.5 Å². The molecule has 1 aromatic heterocycles. The summed E-state index contributed by atoms with van der Waals surface area (Å²) < 4.78 is 19.6. The molecule has 2 N–H and O–H groups in total. The van der Waals surface area contributed by atoms with Crippen LogP contribution in [0.25, 0.3) is 0 Å². The van der Waals surface area contributed by atoms with Gasteiger partial charge in [-0.25, -0.2) is 4.79 Å². The van der Waals surface area contributed by atoms with Crippen LogP contribution in [-0.2, 0) is 14.2 Å². The van der Waals surface area contributed by atoms with Crippen molar-refractivity contribution in [1.29, 1.82) is 0 Å². The van der Waals surface area contributed by atoms with Crippen molar-refractivity contribution in [2.24, 2.45) is 0 Å². The number of terminal acetylenes is 1. The molecule has 3 heterocycles. The van der Waals surface area contributed by atoms with E-state index in [2.05, 4.69) is 10.9 Å². The quantitative estimate of drug-likeness (QED) is 0.820. The average molecular weight is 319 g/mol. The van der Waals surface area contributed by atoms with Gasteiger partial charge < -0.3 is 19.9 Å². The Hall–Kier alpha value is -1.88. The fourth-order valence-electron chi connectivity index (χ4n) is 3.54. The minimum atomic E-state index is -0.978. The molecule has 0 bridgehead atoms. The maximum atomic E-state index is 12.3. The molecule has 23 heavy (non-hydrogen) atoms. The van der Waals surface area contributed by atoms with E-state index in [0.29, 0.717) is 6.42 Å². The Kier molecular flexibility index (Phi) is 3.34. The van der Waals surface area contributed by atoms with Gasteiger partial charge in [0, 0.05) is 6.20 Å². The van der Waals surface area contributed by atoms with Crippen LogP contribution >= 0.6 is 0 Å². The summed E-state index contributed by atoms with van der Waals surface area (Å²) in [6.45, 7) is 7.39. The van der Waals surface area contributed by atoms with Gasteiger partial charge in [0.15, 0.2) is 17.6 Å². The second-order valence-corrected chi connectivity index (χ2v) is 6.58. The molecule has 4 atom stereocenters. The number of nitrogens with zero attached hydrogens (tertiary/aromatic N) is 2. The molecule has 0 amide bonds. The fraction of sp³-hybridized carbons (Fsp3) is 0.625. The van der Waals surface area contributed by atoms with E-state index >= 15 is 0 Å². The van der Waals surface area contributed by atoms with Crippen LogP contribution in [0, 0.1) is 12.3 Å². The topological polar surface area (TPSA) is 88.6 Å². The van der Waals surface area contributed by atoms with Gasteiger partial charge in [-0.3, -0.25) is 4.57 Å². The molecular formula is C16H21N3O4. The number of ether oxygens (including phenoxy) is 3. The standard InChI is InChI=1S/C16H21N3O4/c1-6-16(7-2)11-15(5,23-14(3,4)21-11)12(22-16)19-9-8-10(17)18-13(19)20/h1,8-9,11-12H,7H2,2-5H3,(H2,17,18,20)/t11-,12+,15+,16+/m0/s1. The SMILES string of the molecule is C#C[C@]1(CC)O[C@@H](n2ccc(N)nc2=O)[C@]2(C)OC(C)(C)O[C@@H]21. The molecule has 124 valence electrons. The Morgan fingerprint density at radius 1 is 1.43 bits per heavy atom. The van der Waals surface area contributed by atoms with Crippen molar-refractivity contribution < 1.29 is 14.2 Å². The van der Waals surface area contributed by atoms with E-state index in [4.69, 9.17) is 26.4 Å². The third kappa shape index (κ3) is 2.17. The van der Waals surface area contributed by atoms with Crippen molar-refractivity contribution in [2.45, 2.75) is 63.4 Å². The Labute approximate surface area is 134 Å². The minimum Gasteiger partial charge on any atom is -0.383 e. The molecule has 2 aliphatic rings. The summed E-state index contributed by atoms with van der Waals surface area (Å²) in [4.78, 5) is 16.0. The number of aromatic nitrogens is 2. The van der Waals surface area contributed by atoms with E-state index in [0.717, 1.165) is 0 Å². The van der Waals surface area contributed by atoms with E-state index in [1.807, 2.05) is 27.7 Å². The molecule has 7 nitrogen and oxygen atoms in total. The average Bonchev–Trinajstić information content (AvgIpc) is 2.84. The van der Waals surface area contributed by atoms with Crippen LogP contribution in [0.1, 0.15) is 40.3 Å². The molecule has 0 aliphatic carbocycles. The number of hydrogen-bond donors (Lipinski definition) is 1. The zero-order valence-electron chi connectivity index (χ0n) is 13.7. The Morgan fingerprint density at radius 3 is 2.70 bits per heavy atom. The highest BCUT2D eigenvalue weighted by atomic mass is 16.8. The third-order valence-corrected chi connectivity index (χ3v) is 4.50. The van der Waals surface area contributed by atoms with E-state index in [1.165, 1.54) is 16.8 Å². The first-order chi connectivity index (χ1) is 10.7. The normalized spacial score (nSPS) is 38.2. The van der Waals surface area contributed by atoms with Gasteiger partial charge in [0.05, 0.1) is 0 Å². The van der Waals surface area contributed by atoms with Gasteiger partial charge in [-0.15, -0.1) is 6.42 Å². The highest BCUT2D eigenvalue weighted by Gasteiger charge is 2.69. The smallest absolute Gasteiger partial charge is 0.351 e. The van der Waals surface area contributed by atoms with Crippen LogP contribution in [-0.4, -0.2) is 32.6 Å². The zero-order chi connectivity index (χ0) is 17.0. The first-order valence-corrected chi connectivity index (χ1v) is 7.56. The first kappa shape index (κ1) is 16.0. The molecule has 2 aliphatic heterocycles. The summed E-state index contributed by atoms with van der Waals surface area (Å²) in [7, 11) is 0. The molecule has 0 radical (unpaired) electrons. The first-order valence-electron chi connectivity index (χ1n) is 7.56. The number of anilines is 1. The summed E-state index contributed by atoms with van der Waals surface area (Å²) >= 11 is 0. The zero-order valence-corrected chi connectivity index (χ0v) is 13.7. The number of rotatable bonds is 2. The van der Waals surface area contributed by atoms with E-state index < -0.39 is 35.0 Å². The monoisotopic (exact) mass is 319 g/mol. The summed E-state index contributed by atoms with van der Waals surface area (Å²) in [6, 6.07) is 1.53. The molecule has 3 rings (SSSR count). The predicted octanol–water partition coefficient (Wildman–Crippen LogP) is 1.05. The lowest BCUT2D eigenvalue weighted by molar-refractivity contribution is -0.225. The summed E-state index contributed by atoms with van der Waals surface area (Å²) in [5.41, 5.74) is 3.14. The Bertz CT molecular complexity index is 738. The number of nitrogen functional groups attached to an aromatic ring is 1. The van der Waals surface area contributed by atoms with E-state index in [1.54, 1.807) is 0 Å². The predicted molar refractivity (Wildman–Crippen MR) is 83.3 cm³/mol. The van der Waals surface area contributed by atoms with Crippen molar-refractivity contribution in [3.63, 3.8) is 0 Å². The molecular weight excluding hydrogens is 298 g/mol. The van der Waals surface area contributed by atoms with Crippen molar-refractivity contribution in [1.82, 2.24) is 9.55 Å². The number of nitrogens with two attached hydrogens (primary N) is 1. The van der Waals surface area contributed by atoms with Crippen LogP contribution in [0.15, 0.2) is 17.1 Å². The minimum absolute atomic E-state index is 0.147. The third-order valence-electron chi connectivity index (χ3n) is 4.50. The van der Waals surface area contributed by atoms with Crippen molar-refractivity contribution in [3.05, 3.63) is 22.7 Å². The van der Waals surface area contributed by atoms with E-state index in [-0.39, 0.29) is 5.82 Å². The maximum absolute atomic E-state index is 12.3. The Morgan fingerprint density at radius 2 is 2.13 bits per heavy atom. The second-order valence-electron chi connectivity index (χ2n) is 6.58. The van der Waals surface area contributed by atoms with Gasteiger partial charge in [-0.1, -0.05) is 12.8 Å². The maximum Gasteiger partial charge on any atom is 0.351 e. The van der Waals surface area contributed by atoms with E-state index in [9.17, 15) is 4.79 Å². The highest BCUT2D eigenvalue weighted by molar-refractivity contribution is 5.26. The second kappa shape index (κ2) is 4.81. The lowest BCUT2D eigenvalue weighted by Gasteiger charge is -2.30. The molecule has 2 saturated heterocycles. The highest BCUT2D eigenvalue weighted by Crippen LogP contribution is 2.55. The molecule has 0 aromatic carbocycles. The molecule has 7 heteroatoms. The van der Waals surface area contributed by atoms with Crippen molar-refractivity contribution >= 4 is 5.82 Å². The van der Waals surface area contributed by atoms with Crippen LogP contribution in [0.3, 0.4) is 0 Å². The van der Waals surface area contributed by atoms with Gasteiger partial charge in [-0.05, 0) is 33.3 Å². The van der Waals surface area contributed by atoms with Gasteiger partial charge in [0.25, 0.3) is 0 Å². The van der Waals surface area contributed by atoms with Crippen LogP contribution in [0.4, 0.5) is 5.82 Å². The summed E-state index contributed by atoms with van der Waals surface area (Å²) in [6.07, 6.45) is 6.55. The lowest BCUT2D eigenvalue weighted by Crippen LogP contribution is -2.47. The fourth-order valence-corrected chi connectivity index (χ4v) is 3.54. The largest absolute Gasteiger partial charge is 0.383 e. The summed E-state index contributed by atoms with van der Waals surface area (Å²) in [5, 5.41) is 0. The van der Waals surface area contributed by atoms with Gasteiger partial charge in [-0.2, -0.15) is 4.98 Å². The lowest BCUT2D eigenvalue weighted by atomic mass is 9.86. The molecule has 0 spiro atoms. The van der Waals surface area contributed by atoms with Gasteiger partial charge in [0.2, 0.25) is 0 Å². The number of hydrogen-bond acceptors (Lipinski definition) is 6. The van der Waals surface area contributed by atoms with Gasteiger partial charge >= 0.3 is 5.69 Å². The van der Waals surface area contributed by atoms with Crippen LogP contribution < -0.4 is 11.4 Å². The molecule has 2 fully saturated rings. The number of fused-ring (bicyclic) bond motifs is 1. The van der Waals surface area contributed by atoms with Crippen LogP contribution in [0.2, 0.25) is 0 Å². The van der Waals surface area contributed by atoms with Crippen molar-refractivity contribution in [2.75, 3.05) is 5.73 Å². The molecule has 0 unspecified atom stereocenters.